The van der Waals surface area contributed by atoms with Gasteiger partial charge in [-0.05, 0) is 6.92 Å². The number of Topliss-reactive ketones (excluding diaryl/α,β-unsaturated/α-hetero) is 1. The number of hydrogen-bond donors (Lipinski definition) is 1. The van der Waals surface area contributed by atoms with E-state index >= 15 is 0 Å². The SMILES string of the molecule is CCC(=O)C(N)C(C)OC. The molecule has 2 unspecified atom stereocenters. The van der Waals surface area contributed by atoms with Crippen molar-refractivity contribution in [3.8, 4) is 0 Å². The lowest BCUT2D eigenvalue weighted by Crippen LogP contribution is -2.40. The number of carbonyl (C=O) groups excluding carboxylic acids is 1. The van der Waals surface area contributed by atoms with Crippen molar-refractivity contribution in [3.63, 3.8) is 0 Å². The average molecular weight is 145 g/mol. The Bertz CT molecular complexity index is 114. The van der Waals surface area contributed by atoms with Crippen LogP contribution in [-0.4, -0.2) is 25.0 Å². The zero-order valence-corrected chi connectivity index (χ0v) is 6.76. The molecule has 10 heavy (non-hydrogen) atoms. The van der Waals surface area contributed by atoms with E-state index in [1.165, 1.54) is 0 Å². The highest BCUT2D eigenvalue weighted by atomic mass is 16.5. The van der Waals surface area contributed by atoms with Crippen LogP contribution >= 0.6 is 0 Å². The van der Waals surface area contributed by atoms with Gasteiger partial charge in [-0.3, -0.25) is 4.79 Å². The molecule has 0 aromatic rings. The summed E-state index contributed by atoms with van der Waals surface area (Å²) in [6.07, 6.45) is 0.307. The fraction of sp³-hybridized carbons (Fsp3) is 0.857. The molecule has 0 amide bonds. The molecule has 3 nitrogen and oxygen atoms in total. The second-order valence-electron chi connectivity index (χ2n) is 2.29. The Hall–Kier alpha value is -0.410. The zero-order valence-electron chi connectivity index (χ0n) is 6.76. The van der Waals surface area contributed by atoms with E-state index in [1.54, 1.807) is 21.0 Å². The minimum absolute atomic E-state index is 0.0503. The van der Waals surface area contributed by atoms with Crippen LogP contribution in [0, 0.1) is 0 Å². The monoisotopic (exact) mass is 145 g/mol. The average Bonchev–Trinajstić information content (AvgIpc) is 2.00. The molecule has 2 N–H and O–H groups in total. The molecule has 0 saturated carbocycles. The van der Waals surface area contributed by atoms with Gasteiger partial charge in [0, 0.05) is 13.5 Å². The van der Waals surface area contributed by atoms with Crippen LogP contribution in [0.4, 0.5) is 0 Å². The normalized spacial score (nSPS) is 16.4. The zero-order chi connectivity index (χ0) is 8.15. The van der Waals surface area contributed by atoms with Gasteiger partial charge >= 0.3 is 0 Å². The van der Waals surface area contributed by atoms with Crippen molar-refractivity contribution >= 4 is 5.78 Å². The van der Waals surface area contributed by atoms with Crippen molar-refractivity contribution in [1.29, 1.82) is 0 Å². The lowest BCUT2D eigenvalue weighted by atomic mass is 10.1. The molecule has 0 bridgehead atoms. The van der Waals surface area contributed by atoms with Crippen LogP contribution < -0.4 is 5.73 Å². The standard InChI is InChI=1S/C7H15NO2/c1-4-6(9)7(8)5(2)10-3/h5,7H,4,8H2,1-3H3. The summed E-state index contributed by atoms with van der Waals surface area (Å²) >= 11 is 0. The van der Waals surface area contributed by atoms with Crippen molar-refractivity contribution in [1.82, 2.24) is 0 Å². The van der Waals surface area contributed by atoms with Crippen LogP contribution in [-0.2, 0) is 9.53 Å². The highest BCUT2D eigenvalue weighted by Gasteiger charge is 2.17. The van der Waals surface area contributed by atoms with Crippen molar-refractivity contribution in [2.75, 3.05) is 7.11 Å². The van der Waals surface area contributed by atoms with Gasteiger partial charge in [0.25, 0.3) is 0 Å². The largest absolute Gasteiger partial charge is 0.380 e. The van der Waals surface area contributed by atoms with Crippen LogP contribution in [0.15, 0.2) is 0 Å². The highest BCUT2D eigenvalue weighted by Crippen LogP contribution is 1.97. The van der Waals surface area contributed by atoms with E-state index in [1.807, 2.05) is 0 Å². The fourth-order valence-electron chi connectivity index (χ4n) is 0.644. The van der Waals surface area contributed by atoms with Gasteiger partial charge < -0.3 is 10.5 Å². The molecule has 0 spiro atoms. The Morgan fingerprint density at radius 1 is 1.70 bits per heavy atom. The highest BCUT2D eigenvalue weighted by molar-refractivity contribution is 5.84. The third kappa shape index (κ3) is 2.45. The molecule has 0 aromatic heterocycles. The van der Waals surface area contributed by atoms with Gasteiger partial charge in [-0.2, -0.15) is 0 Å². The smallest absolute Gasteiger partial charge is 0.151 e. The Morgan fingerprint density at radius 3 is 2.50 bits per heavy atom. The summed E-state index contributed by atoms with van der Waals surface area (Å²) < 4.78 is 4.89. The predicted octanol–water partition coefficient (Wildman–Crippen LogP) is 0.328. The number of carbonyl (C=O) groups is 1. The molecule has 0 aliphatic heterocycles. The molecular weight excluding hydrogens is 130 g/mol. The molecule has 0 saturated heterocycles. The maximum Gasteiger partial charge on any atom is 0.151 e. The lowest BCUT2D eigenvalue weighted by molar-refractivity contribution is -0.122. The first-order valence-corrected chi connectivity index (χ1v) is 3.44. The van der Waals surface area contributed by atoms with Gasteiger partial charge in [0.15, 0.2) is 5.78 Å². The van der Waals surface area contributed by atoms with Gasteiger partial charge in [0.1, 0.15) is 0 Å². The van der Waals surface area contributed by atoms with Gasteiger partial charge in [0.05, 0.1) is 12.1 Å². The third-order valence-electron chi connectivity index (χ3n) is 1.60. The van der Waals surface area contributed by atoms with Crippen LogP contribution in [0.5, 0.6) is 0 Å². The first-order valence-electron chi connectivity index (χ1n) is 3.44. The third-order valence-corrected chi connectivity index (χ3v) is 1.60. The van der Waals surface area contributed by atoms with Crippen molar-refractivity contribution < 1.29 is 9.53 Å². The van der Waals surface area contributed by atoms with Gasteiger partial charge in [0.2, 0.25) is 0 Å². The maximum absolute atomic E-state index is 10.9. The molecule has 3 heteroatoms. The summed E-state index contributed by atoms with van der Waals surface area (Å²) in [6.45, 7) is 3.59. The Labute approximate surface area is 61.5 Å². The molecule has 0 aliphatic carbocycles. The number of ketones is 1. The number of hydrogen-bond acceptors (Lipinski definition) is 3. The molecule has 0 radical (unpaired) electrons. The van der Waals surface area contributed by atoms with Crippen LogP contribution in [0.2, 0.25) is 0 Å². The predicted molar refractivity (Wildman–Crippen MR) is 39.7 cm³/mol. The van der Waals surface area contributed by atoms with E-state index in [4.69, 9.17) is 10.5 Å². The molecule has 0 rings (SSSR count). The molecule has 0 aromatic carbocycles. The van der Waals surface area contributed by atoms with E-state index in [2.05, 4.69) is 0 Å². The first-order chi connectivity index (χ1) is 4.63. The van der Waals surface area contributed by atoms with Gasteiger partial charge in [-0.1, -0.05) is 6.92 Å². The van der Waals surface area contributed by atoms with E-state index in [0.717, 1.165) is 0 Å². The van der Waals surface area contributed by atoms with Crippen molar-refractivity contribution in [3.05, 3.63) is 0 Å². The minimum atomic E-state index is -0.463. The van der Waals surface area contributed by atoms with E-state index in [9.17, 15) is 4.79 Å². The van der Waals surface area contributed by atoms with Crippen LogP contribution in [0.3, 0.4) is 0 Å². The molecule has 0 fully saturated rings. The summed E-state index contributed by atoms with van der Waals surface area (Å²) in [5.41, 5.74) is 5.51. The second kappa shape index (κ2) is 4.41. The van der Waals surface area contributed by atoms with E-state index in [-0.39, 0.29) is 11.9 Å². The van der Waals surface area contributed by atoms with Crippen molar-refractivity contribution in [2.24, 2.45) is 5.73 Å². The van der Waals surface area contributed by atoms with Gasteiger partial charge in [-0.15, -0.1) is 0 Å². The summed E-state index contributed by atoms with van der Waals surface area (Å²) in [5, 5.41) is 0. The van der Waals surface area contributed by atoms with Gasteiger partial charge in [-0.25, -0.2) is 0 Å². The number of nitrogens with two attached hydrogens (primary N) is 1. The van der Waals surface area contributed by atoms with Crippen LogP contribution in [0.25, 0.3) is 0 Å². The Balaban J connectivity index is 3.81. The summed E-state index contributed by atoms with van der Waals surface area (Å²) in [7, 11) is 1.55. The second-order valence-corrected chi connectivity index (χ2v) is 2.29. The molecule has 0 aliphatic rings. The summed E-state index contributed by atoms with van der Waals surface area (Å²) in [5.74, 6) is 0.0503. The van der Waals surface area contributed by atoms with Crippen molar-refractivity contribution in [2.45, 2.75) is 32.4 Å². The van der Waals surface area contributed by atoms with Crippen LogP contribution in [0.1, 0.15) is 20.3 Å². The number of ether oxygens (including phenoxy) is 1. The lowest BCUT2D eigenvalue weighted by Gasteiger charge is -2.15. The Morgan fingerprint density at radius 2 is 2.20 bits per heavy atom. The minimum Gasteiger partial charge on any atom is -0.380 e. The topological polar surface area (TPSA) is 52.3 Å². The molecular formula is C7H15NO2. The summed E-state index contributed by atoms with van der Waals surface area (Å²) in [4.78, 5) is 10.9. The fourth-order valence-corrected chi connectivity index (χ4v) is 0.644. The summed E-state index contributed by atoms with van der Waals surface area (Å²) in [6, 6.07) is -0.463. The maximum atomic E-state index is 10.9. The van der Waals surface area contributed by atoms with E-state index in [0.29, 0.717) is 6.42 Å². The quantitative estimate of drug-likeness (QED) is 0.620. The number of methoxy groups -OCH3 is 1. The van der Waals surface area contributed by atoms with E-state index < -0.39 is 6.04 Å². The number of rotatable bonds is 4. The molecule has 60 valence electrons. The first kappa shape index (κ1) is 9.59. The Kier molecular flexibility index (Phi) is 4.23. The molecule has 2 atom stereocenters. The molecule has 0 heterocycles.